The highest BCUT2D eigenvalue weighted by Crippen LogP contribution is 2.32. The van der Waals surface area contributed by atoms with Crippen LogP contribution < -0.4 is 10.6 Å². The second-order valence-corrected chi connectivity index (χ2v) is 5.11. The molecule has 1 heterocycles. The molecule has 1 aliphatic heterocycles. The molecule has 2 aromatic rings. The van der Waals surface area contributed by atoms with Crippen molar-refractivity contribution in [2.24, 2.45) is 0 Å². The number of hydrogen-bond acceptors (Lipinski definition) is 2. The van der Waals surface area contributed by atoms with Crippen LogP contribution >= 0.6 is 0 Å². The topological polar surface area (TPSA) is 29.3 Å². The fourth-order valence-electron chi connectivity index (χ4n) is 2.75. The molecule has 0 atom stereocenters. The van der Waals surface area contributed by atoms with E-state index < -0.39 is 11.6 Å². The van der Waals surface area contributed by atoms with Crippen LogP contribution in [0.3, 0.4) is 0 Å². The molecule has 1 aliphatic rings. The highest BCUT2D eigenvalue weighted by Gasteiger charge is 2.19. The fourth-order valence-corrected chi connectivity index (χ4v) is 2.75. The van der Waals surface area contributed by atoms with E-state index in [4.69, 9.17) is 5.73 Å². The van der Waals surface area contributed by atoms with Crippen LogP contribution in [-0.2, 0) is 13.0 Å². The summed E-state index contributed by atoms with van der Waals surface area (Å²) in [6, 6.07) is 9.54. The molecule has 0 saturated carbocycles. The van der Waals surface area contributed by atoms with Gasteiger partial charge in [-0.25, -0.2) is 8.78 Å². The average Bonchev–Trinajstić information content (AvgIpc) is 2.43. The lowest BCUT2D eigenvalue weighted by atomic mass is 9.99. The average molecular weight is 274 g/mol. The van der Waals surface area contributed by atoms with E-state index in [1.54, 1.807) is 0 Å². The number of nitrogens with two attached hydrogens (primary N) is 1. The minimum absolute atomic E-state index is 0.433. The van der Waals surface area contributed by atoms with Crippen LogP contribution in [0.1, 0.15) is 17.5 Å². The van der Waals surface area contributed by atoms with Crippen LogP contribution in [0.25, 0.3) is 0 Å². The van der Waals surface area contributed by atoms with Crippen LogP contribution in [0.15, 0.2) is 36.4 Å². The standard InChI is InChI=1S/C16H16F2N2/c17-12-7-6-11(14(18)9-12)10-20-8-2-3-13-15(19)4-1-5-16(13)20/h1,4-7,9H,2-3,8,10,19H2. The van der Waals surface area contributed by atoms with E-state index >= 15 is 0 Å². The Morgan fingerprint density at radius 1 is 1.15 bits per heavy atom. The maximum atomic E-state index is 13.8. The summed E-state index contributed by atoms with van der Waals surface area (Å²) in [5, 5.41) is 0. The summed E-state index contributed by atoms with van der Waals surface area (Å²) in [4.78, 5) is 2.10. The van der Waals surface area contributed by atoms with E-state index in [1.165, 1.54) is 12.1 Å². The van der Waals surface area contributed by atoms with Crippen molar-refractivity contribution in [2.45, 2.75) is 19.4 Å². The summed E-state index contributed by atoms with van der Waals surface area (Å²) in [6.45, 7) is 1.29. The van der Waals surface area contributed by atoms with Crippen molar-refractivity contribution in [3.63, 3.8) is 0 Å². The van der Waals surface area contributed by atoms with E-state index in [0.29, 0.717) is 12.1 Å². The lowest BCUT2D eigenvalue weighted by Crippen LogP contribution is -2.29. The lowest BCUT2D eigenvalue weighted by Gasteiger charge is -2.32. The number of benzene rings is 2. The molecule has 0 fully saturated rings. The second-order valence-electron chi connectivity index (χ2n) is 5.11. The predicted octanol–water partition coefficient (Wildman–Crippen LogP) is 3.50. The Bertz CT molecular complexity index is 640. The van der Waals surface area contributed by atoms with Gasteiger partial charge in [0.1, 0.15) is 11.6 Å². The molecular weight excluding hydrogens is 258 g/mol. The molecule has 2 N–H and O–H groups in total. The van der Waals surface area contributed by atoms with Gasteiger partial charge in [0.05, 0.1) is 0 Å². The Kier molecular flexibility index (Phi) is 3.30. The fraction of sp³-hybridized carbons (Fsp3) is 0.250. The summed E-state index contributed by atoms with van der Waals surface area (Å²) in [6.07, 6.45) is 1.94. The number of halogens is 2. The maximum Gasteiger partial charge on any atom is 0.131 e. The minimum atomic E-state index is -0.547. The first kappa shape index (κ1) is 12.9. The van der Waals surface area contributed by atoms with E-state index in [0.717, 1.165) is 42.4 Å². The van der Waals surface area contributed by atoms with Gasteiger partial charge in [-0.1, -0.05) is 12.1 Å². The Morgan fingerprint density at radius 3 is 2.80 bits per heavy atom. The van der Waals surface area contributed by atoms with Gasteiger partial charge in [-0.15, -0.1) is 0 Å². The molecule has 104 valence electrons. The molecule has 0 aromatic heterocycles. The van der Waals surface area contributed by atoms with Gasteiger partial charge in [-0.05, 0) is 36.6 Å². The van der Waals surface area contributed by atoms with E-state index in [1.807, 2.05) is 18.2 Å². The molecule has 0 aliphatic carbocycles. The third-order valence-corrected chi connectivity index (χ3v) is 3.76. The monoisotopic (exact) mass is 274 g/mol. The zero-order valence-electron chi connectivity index (χ0n) is 11.1. The first-order valence-electron chi connectivity index (χ1n) is 6.71. The van der Waals surface area contributed by atoms with Gasteiger partial charge in [-0.3, -0.25) is 0 Å². The Morgan fingerprint density at radius 2 is 2.00 bits per heavy atom. The molecule has 0 spiro atoms. The summed E-state index contributed by atoms with van der Waals surface area (Å²) < 4.78 is 26.7. The molecule has 0 saturated heterocycles. The number of fused-ring (bicyclic) bond motifs is 1. The third-order valence-electron chi connectivity index (χ3n) is 3.76. The van der Waals surface area contributed by atoms with Crippen LogP contribution in [-0.4, -0.2) is 6.54 Å². The quantitative estimate of drug-likeness (QED) is 0.849. The van der Waals surface area contributed by atoms with Crippen molar-refractivity contribution in [2.75, 3.05) is 17.2 Å². The minimum Gasteiger partial charge on any atom is -0.398 e. The van der Waals surface area contributed by atoms with Crippen LogP contribution in [0.2, 0.25) is 0 Å². The number of anilines is 2. The molecule has 0 unspecified atom stereocenters. The zero-order chi connectivity index (χ0) is 14.1. The summed E-state index contributed by atoms with van der Waals surface area (Å²) >= 11 is 0. The van der Waals surface area contributed by atoms with Gasteiger partial charge in [-0.2, -0.15) is 0 Å². The van der Waals surface area contributed by atoms with Gasteiger partial charge >= 0.3 is 0 Å². The van der Waals surface area contributed by atoms with Crippen molar-refractivity contribution >= 4 is 11.4 Å². The van der Waals surface area contributed by atoms with Crippen molar-refractivity contribution in [1.29, 1.82) is 0 Å². The van der Waals surface area contributed by atoms with Crippen molar-refractivity contribution < 1.29 is 8.78 Å². The van der Waals surface area contributed by atoms with Crippen LogP contribution in [0, 0.1) is 11.6 Å². The lowest BCUT2D eigenvalue weighted by molar-refractivity contribution is 0.566. The van der Waals surface area contributed by atoms with Gasteiger partial charge in [0.2, 0.25) is 0 Å². The van der Waals surface area contributed by atoms with Gasteiger partial charge in [0.15, 0.2) is 0 Å². The number of hydrogen-bond donors (Lipinski definition) is 1. The maximum absolute atomic E-state index is 13.8. The molecule has 2 aromatic carbocycles. The highest BCUT2D eigenvalue weighted by atomic mass is 19.1. The smallest absolute Gasteiger partial charge is 0.131 e. The van der Waals surface area contributed by atoms with Crippen molar-refractivity contribution in [3.05, 3.63) is 59.2 Å². The third kappa shape index (κ3) is 2.33. The second kappa shape index (κ2) is 5.12. The molecule has 0 bridgehead atoms. The molecule has 20 heavy (non-hydrogen) atoms. The Balaban J connectivity index is 1.91. The van der Waals surface area contributed by atoms with Crippen LogP contribution in [0.4, 0.5) is 20.2 Å². The number of nitrogen functional groups attached to an aromatic ring is 1. The number of nitrogens with zero attached hydrogens (tertiary/aromatic N) is 1. The molecule has 4 heteroatoms. The first-order valence-corrected chi connectivity index (χ1v) is 6.71. The highest BCUT2D eigenvalue weighted by molar-refractivity contribution is 5.66. The molecule has 3 rings (SSSR count). The van der Waals surface area contributed by atoms with E-state index in [-0.39, 0.29) is 0 Å². The molecule has 0 amide bonds. The van der Waals surface area contributed by atoms with Gasteiger partial charge in [0.25, 0.3) is 0 Å². The largest absolute Gasteiger partial charge is 0.398 e. The van der Waals surface area contributed by atoms with Crippen molar-refractivity contribution in [1.82, 2.24) is 0 Å². The Hall–Kier alpha value is -2.10. The van der Waals surface area contributed by atoms with Gasteiger partial charge < -0.3 is 10.6 Å². The predicted molar refractivity (Wildman–Crippen MR) is 76.6 cm³/mol. The zero-order valence-corrected chi connectivity index (χ0v) is 11.1. The van der Waals surface area contributed by atoms with E-state index in [9.17, 15) is 8.78 Å². The first-order chi connectivity index (χ1) is 9.65. The molecule has 0 radical (unpaired) electrons. The Labute approximate surface area is 116 Å². The molecule has 2 nitrogen and oxygen atoms in total. The summed E-state index contributed by atoms with van der Waals surface area (Å²) in [7, 11) is 0. The normalized spacial score (nSPS) is 14.2. The summed E-state index contributed by atoms with van der Waals surface area (Å²) in [5.74, 6) is -1.05. The molecular formula is C16H16F2N2. The van der Waals surface area contributed by atoms with Crippen LogP contribution in [0.5, 0.6) is 0 Å². The van der Waals surface area contributed by atoms with Gasteiger partial charge in [0, 0.05) is 36.1 Å². The van der Waals surface area contributed by atoms with Crippen molar-refractivity contribution in [3.8, 4) is 0 Å². The number of rotatable bonds is 2. The SMILES string of the molecule is Nc1cccc2c1CCCN2Cc1ccc(F)cc1F. The van der Waals surface area contributed by atoms with E-state index in [2.05, 4.69) is 4.90 Å². The summed E-state index contributed by atoms with van der Waals surface area (Å²) in [5.41, 5.74) is 9.46.